The zero-order valence-corrected chi connectivity index (χ0v) is 37.5. The van der Waals surface area contributed by atoms with Gasteiger partial charge in [-0.15, -0.1) is 0 Å². The van der Waals surface area contributed by atoms with Crippen molar-refractivity contribution in [1.82, 2.24) is 19.5 Å². The molecule has 0 spiro atoms. The Morgan fingerprint density at radius 3 is 1.36 bits per heavy atom. The highest BCUT2D eigenvalue weighted by Gasteiger charge is 2.19. The Kier molecular flexibility index (Phi) is 9.80. The summed E-state index contributed by atoms with van der Waals surface area (Å²) >= 11 is 0. The molecule has 3 aromatic heterocycles. The summed E-state index contributed by atoms with van der Waals surface area (Å²) in [7, 11) is 0. The number of rotatable bonds is 8. The molecule has 0 fully saturated rings. The molecule has 10 aromatic carbocycles. The maximum absolute atomic E-state index is 5.32. The van der Waals surface area contributed by atoms with Crippen LogP contribution in [0, 0.1) is 0 Å². The quantitative estimate of drug-likeness (QED) is 0.143. The number of benzene rings is 10. The number of hydrogen-bond donors (Lipinski definition) is 0. The molecule has 4 heteroatoms. The molecule has 0 aliphatic rings. The van der Waals surface area contributed by atoms with Gasteiger partial charge in [-0.05, 0) is 109 Å². The predicted molar refractivity (Wildman–Crippen MR) is 287 cm³/mol. The average molecular weight is 879 g/mol. The Morgan fingerprint density at radius 1 is 0.275 bits per heavy atom. The van der Waals surface area contributed by atoms with Crippen molar-refractivity contribution in [3.63, 3.8) is 0 Å². The van der Waals surface area contributed by atoms with Crippen LogP contribution < -0.4 is 0 Å². The summed E-state index contributed by atoms with van der Waals surface area (Å²) in [4.78, 5) is 15.1. The maximum atomic E-state index is 5.32. The van der Waals surface area contributed by atoms with Crippen molar-refractivity contribution in [2.45, 2.75) is 0 Å². The molecule has 69 heavy (non-hydrogen) atoms. The highest BCUT2D eigenvalue weighted by atomic mass is 15.0. The fraction of sp³-hybridized carbons (Fsp3) is 0. The van der Waals surface area contributed by atoms with E-state index in [2.05, 4.69) is 246 Å². The largest absolute Gasteiger partial charge is 0.309 e. The van der Waals surface area contributed by atoms with Crippen molar-refractivity contribution >= 4 is 43.4 Å². The van der Waals surface area contributed by atoms with E-state index in [4.69, 9.17) is 9.97 Å². The van der Waals surface area contributed by atoms with Crippen LogP contribution in [0.25, 0.3) is 127 Å². The number of aromatic nitrogens is 4. The maximum Gasteiger partial charge on any atom is 0.160 e. The third-order valence-corrected chi connectivity index (χ3v) is 13.5. The summed E-state index contributed by atoms with van der Waals surface area (Å²) in [5.41, 5.74) is 17.6. The summed E-state index contributed by atoms with van der Waals surface area (Å²) in [6.45, 7) is 0. The monoisotopic (exact) mass is 878 g/mol. The molecule has 0 amide bonds. The van der Waals surface area contributed by atoms with E-state index < -0.39 is 0 Å². The van der Waals surface area contributed by atoms with Crippen LogP contribution in [0.3, 0.4) is 0 Å². The van der Waals surface area contributed by atoms with Crippen molar-refractivity contribution in [2.75, 3.05) is 0 Å². The fourth-order valence-corrected chi connectivity index (χ4v) is 10.2. The molecule has 0 aliphatic carbocycles. The molecule has 3 heterocycles. The van der Waals surface area contributed by atoms with Gasteiger partial charge in [-0.3, -0.25) is 4.98 Å². The van der Waals surface area contributed by atoms with Crippen LogP contribution in [0.15, 0.2) is 255 Å². The summed E-state index contributed by atoms with van der Waals surface area (Å²) in [5, 5.41) is 7.16. The molecule has 0 unspecified atom stereocenters. The highest BCUT2D eigenvalue weighted by Crippen LogP contribution is 2.44. The van der Waals surface area contributed by atoms with E-state index in [1.165, 1.54) is 49.4 Å². The third-order valence-electron chi connectivity index (χ3n) is 13.5. The first-order valence-corrected chi connectivity index (χ1v) is 23.4. The van der Waals surface area contributed by atoms with Crippen LogP contribution in [0.2, 0.25) is 0 Å². The smallest absolute Gasteiger partial charge is 0.160 e. The number of pyridine rings is 1. The van der Waals surface area contributed by atoms with E-state index in [9.17, 15) is 0 Å². The lowest BCUT2D eigenvalue weighted by Crippen LogP contribution is -1.96. The molecule has 0 saturated carbocycles. The van der Waals surface area contributed by atoms with Crippen LogP contribution in [-0.2, 0) is 0 Å². The number of nitrogens with zero attached hydrogens (tertiary/aromatic N) is 4. The number of fused-ring (bicyclic) bond motifs is 5. The van der Waals surface area contributed by atoms with Crippen LogP contribution in [0.1, 0.15) is 0 Å². The van der Waals surface area contributed by atoms with E-state index in [-0.39, 0.29) is 0 Å². The van der Waals surface area contributed by atoms with Gasteiger partial charge in [-0.25, -0.2) is 9.97 Å². The molecule has 0 radical (unpaired) electrons. The molecule has 13 aromatic rings. The van der Waals surface area contributed by atoms with Crippen molar-refractivity contribution < 1.29 is 0 Å². The normalized spacial score (nSPS) is 11.5. The van der Waals surface area contributed by atoms with Crippen LogP contribution in [0.5, 0.6) is 0 Å². The van der Waals surface area contributed by atoms with Gasteiger partial charge in [0.25, 0.3) is 0 Å². The minimum absolute atomic E-state index is 0.678. The Labute approximate surface area is 400 Å². The van der Waals surface area contributed by atoms with Crippen molar-refractivity contribution in [3.05, 3.63) is 255 Å². The molecular weight excluding hydrogens is 837 g/mol. The fourth-order valence-electron chi connectivity index (χ4n) is 10.2. The second-order valence-corrected chi connectivity index (χ2v) is 17.6. The SMILES string of the molecule is c1ccc(-c2ccc(-n3c4ccncc4c4cc(-c5ccc(-c6cc(-c7ccccc7)nc(-c7cccc(-c8c9ccccc9c(-c9ccccc9)c9ccccc89)c7)n6)cc5)ccc43)cc2)cc1. The molecule has 13 rings (SSSR count). The second-order valence-electron chi connectivity index (χ2n) is 17.6. The van der Waals surface area contributed by atoms with Gasteiger partial charge >= 0.3 is 0 Å². The molecule has 0 atom stereocenters. The minimum Gasteiger partial charge on any atom is -0.309 e. The highest BCUT2D eigenvalue weighted by molar-refractivity contribution is 6.21. The van der Waals surface area contributed by atoms with Gasteiger partial charge in [0.1, 0.15) is 0 Å². The standard InChI is InChI=1S/C65H42N4/c1-4-15-43(16-5-1)44-31-34-52(35-32-44)69-61-36-33-49(40-57(61)58-42-66-38-37-62(58)69)45-27-29-47(30-28-45)60-41-59(46-17-6-2-7-18-46)67-65(68-60)51-22-14-21-50(39-51)64-55-25-12-10-23-53(55)63(48-19-8-3-9-20-48)54-24-11-13-26-56(54)64/h1-42H. The zero-order valence-electron chi connectivity index (χ0n) is 37.5. The Hall–Kier alpha value is -9.25. The first kappa shape index (κ1) is 40.1. The van der Waals surface area contributed by atoms with E-state index in [1.54, 1.807) is 0 Å². The van der Waals surface area contributed by atoms with E-state index in [1.807, 2.05) is 18.5 Å². The summed E-state index contributed by atoms with van der Waals surface area (Å²) < 4.78 is 2.34. The van der Waals surface area contributed by atoms with Gasteiger partial charge in [0, 0.05) is 45.5 Å². The van der Waals surface area contributed by atoms with E-state index >= 15 is 0 Å². The topological polar surface area (TPSA) is 43.6 Å². The molecule has 4 nitrogen and oxygen atoms in total. The molecule has 0 N–H and O–H groups in total. The molecular formula is C65H42N4. The van der Waals surface area contributed by atoms with Crippen molar-refractivity contribution in [2.24, 2.45) is 0 Å². The summed E-state index contributed by atoms with van der Waals surface area (Å²) in [6, 6.07) is 86.6. The first-order valence-electron chi connectivity index (χ1n) is 23.4. The predicted octanol–water partition coefficient (Wildman–Crippen LogP) is 16.9. The van der Waals surface area contributed by atoms with Crippen LogP contribution in [0.4, 0.5) is 0 Å². The van der Waals surface area contributed by atoms with Crippen LogP contribution >= 0.6 is 0 Å². The average Bonchev–Trinajstić information content (AvgIpc) is 3.76. The minimum atomic E-state index is 0.678. The Morgan fingerprint density at radius 2 is 0.725 bits per heavy atom. The van der Waals surface area contributed by atoms with Crippen molar-refractivity contribution in [1.29, 1.82) is 0 Å². The second kappa shape index (κ2) is 16.9. The van der Waals surface area contributed by atoms with Gasteiger partial charge in [0.2, 0.25) is 0 Å². The Bertz CT molecular complexity index is 3970. The molecule has 0 bridgehead atoms. The van der Waals surface area contributed by atoms with Gasteiger partial charge in [-0.1, -0.05) is 200 Å². The molecule has 0 aliphatic heterocycles. The summed E-state index contributed by atoms with van der Waals surface area (Å²) in [5.74, 6) is 0.678. The number of hydrogen-bond acceptors (Lipinski definition) is 3. The van der Waals surface area contributed by atoms with E-state index in [0.717, 1.165) is 72.3 Å². The van der Waals surface area contributed by atoms with Crippen LogP contribution in [-0.4, -0.2) is 19.5 Å². The molecule has 0 saturated heterocycles. The molecule has 322 valence electrons. The lowest BCUT2D eigenvalue weighted by atomic mass is 9.85. The zero-order chi connectivity index (χ0) is 45.7. The van der Waals surface area contributed by atoms with Gasteiger partial charge in [0.05, 0.1) is 22.4 Å². The Balaban J connectivity index is 0.886. The van der Waals surface area contributed by atoms with Gasteiger partial charge in [0.15, 0.2) is 5.82 Å². The van der Waals surface area contributed by atoms with E-state index in [0.29, 0.717) is 5.82 Å². The third kappa shape index (κ3) is 7.14. The van der Waals surface area contributed by atoms with Gasteiger partial charge in [-0.2, -0.15) is 0 Å². The lowest BCUT2D eigenvalue weighted by Gasteiger charge is -2.18. The van der Waals surface area contributed by atoms with Crippen molar-refractivity contribution in [3.8, 4) is 84.1 Å². The van der Waals surface area contributed by atoms with Gasteiger partial charge < -0.3 is 4.57 Å². The summed E-state index contributed by atoms with van der Waals surface area (Å²) in [6.07, 6.45) is 3.86. The first-order chi connectivity index (χ1) is 34.2. The lowest BCUT2D eigenvalue weighted by molar-refractivity contribution is 1.17.